The molecular formula is C16H31N3O. The Morgan fingerprint density at radius 1 is 1.20 bits per heavy atom. The van der Waals surface area contributed by atoms with E-state index in [9.17, 15) is 4.79 Å². The third-order valence-corrected chi connectivity index (χ3v) is 4.80. The van der Waals surface area contributed by atoms with Crippen LogP contribution < -0.4 is 10.6 Å². The van der Waals surface area contributed by atoms with Gasteiger partial charge in [0.1, 0.15) is 0 Å². The molecule has 0 radical (unpaired) electrons. The summed E-state index contributed by atoms with van der Waals surface area (Å²) in [5.41, 5.74) is 0. The molecule has 2 fully saturated rings. The first-order valence-corrected chi connectivity index (χ1v) is 8.52. The quantitative estimate of drug-likeness (QED) is 0.807. The fourth-order valence-corrected chi connectivity index (χ4v) is 3.61. The predicted octanol–water partition coefficient (Wildman–Crippen LogP) is 1.76. The van der Waals surface area contributed by atoms with E-state index in [0.29, 0.717) is 18.5 Å². The van der Waals surface area contributed by atoms with E-state index >= 15 is 0 Å². The Hall–Kier alpha value is -0.610. The van der Waals surface area contributed by atoms with Crippen LogP contribution in [0.2, 0.25) is 0 Å². The Balaban J connectivity index is 1.75. The third-order valence-electron chi connectivity index (χ3n) is 4.80. The van der Waals surface area contributed by atoms with Crippen molar-refractivity contribution in [3.8, 4) is 0 Å². The minimum Gasteiger partial charge on any atom is -0.352 e. The number of hydrogen-bond donors (Lipinski definition) is 2. The van der Waals surface area contributed by atoms with Crippen molar-refractivity contribution in [1.82, 2.24) is 15.5 Å². The predicted molar refractivity (Wildman–Crippen MR) is 82.7 cm³/mol. The van der Waals surface area contributed by atoms with E-state index in [4.69, 9.17) is 0 Å². The van der Waals surface area contributed by atoms with E-state index in [1.807, 2.05) is 0 Å². The normalized spacial score (nSPS) is 24.1. The van der Waals surface area contributed by atoms with Gasteiger partial charge in [0.05, 0.1) is 6.54 Å². The monoisotopic (exact) mass is 281 g/mol. The van der Waals surface area contributed by atoms with Crippen LogP contribution in [0, 0.1) is 5.92 Å². The lowest BCUT2D eigenvalue weighted by Gasteiger charge is -2.31. The van der Waals surface area contributed by atoms with Crippen LogP contribution >= 0.6 is 0 Å². The van der Waals surface area contributed by atoms with E-state index in [2.05, 4.69) is 22.5 Å². The van der Waals surface area contributed by atoms with Gasteiger partial charge in [-0.05, 0) is 44.7 Å². The summed E-state index contributed by atoms with van der Waals surface area (Å²) >= 11 is 0. The molecule has 1 unspecified atom stereocenters. The first-order valence-electron chi connectivity index (χ1n) is 8.52. The van der Waals surface area contributed by atoms with Crippen molar-refractivity contribution in [3.05, 3.63) is 0 Å². The summed E-state index contributed by atoms with van der Waals surface area (Å²) in [4.78, 5) is 14.5. The van der Waals surface area contributed by atoms with E-state index in [-0.39, 0.29) is 5.91 Å². The highest BCUT2D eigenvalue weighted by atomic mass is 16.2. The van der Waals surface area contributed by atoms with Gasteiger partial charge in [0.25, 0.3) is 0 Å². The summed E-state index contributed by atoms with van der Waals surface area (Å²) in [6.45, 7) is 6.90. The van der Waals surface area contributed by atoms with Crippen LogP contribution in [-0.4, -0.2) is 49.6 Å². The second kappa shape index (κ2) is 8.63. The zero-order valence-electron chi connectivity index (χ0n) is 13.0. The first kappa shape index (κ1) is 15.8. The summed E-state index contributed by atoms with van der Waals surface area (Å²) < 4.78 is 0. The fraction of sp³-hybridized carbons (Fsp3) is 0.938. The molecule has 1 aliphatic heterocycles. The van der Waals surface area contributed by atoms with Gasteiger partial charge in [-0.2, -0.15) is 0 Å². The molecule has 2 aliphatic rings. The zero-order chi connectivity index (χ0) is 14.2. The smallest absolute Gasteiger partial charge is 0.234 e. The van der Waals surface area contributed by atoms with E-state index < -0.39 is 0 Å². The van der Waals surface area contributed by atoms with Crippen molar-refractivity contribution < 1.29 is 4.79 Å². The summed E-state index contributed by atoms with van der Waals surface area (Å²) in [6, 6.07) is 0.396. The van der Waals surface area contributed by atoms with Crippen LogP contribution in [0.4, 0.5) is 0 Å². The van der Waals surface area contributed by atoms with Gasteiger partial charge in [0, 0.05) is 19.1 Å². The van der Waals surface area contributed by atoms with Gasteiger partial charge < -0.3 is 10.6 Å². The van der Waals surface area contributed by atoms with Crippen molar-refractivity contribution >= 4 is 5.91 Å². The zero-order valence-corrected chi connectivity index (χ0v) is 13.0. The molecule has 2 rings (SSSR count). The van der Waals surface area contributed by atoms with Crippen molar-refractivity contribution in [1.29, 1.82) is 0 Å². The topological polar surface area (TPSA) is 44.4 Å². The second-order valence-electron chi connectivity index (χ2n) is 6.36. The van der Waals surface area contributed by atoms with E-state index in [1.54, 1.807) is 0 Å². The lowest BCUT2D eigenvalue weighted by atomic mass is 9.83. The van der Waals surface area contributed by atoms with Crippen molar-refractivity contribution in [2.24, 2.45) is 5.92 Å². The Kier molecular flexibility index (Phi) is 6.80. The molecule has 1 saturated heterocycles. The highest BCUT2D eigenvalue weighted by Gasteiger charge is 2.24. The summed E-state index contributed by atoms with van der Waals surface area (Å²) in [5, 5.41) is 6.68. The third kappa shape index (κ3) is 5.06. The molecule has 20 heavy (non-hydrogen) atoms. The van der Waals surface area contributed by atoms with Crippen LogP contribution in [0.15, 0.2) is 0 Å². The molecule has 0 aromatic heterocycles. The van der Waals surface area contributed by atoms with Gasteiger partial charge in [-0.25, -0.2) is 0 Å². The Bertz CT molecular complexity index is 281. The average molecular weight is 281 g/mol. The Labute approximate surface area is 123 Å². The van der Waals surface area contributed by atoms with Crippen molar-refractivity contribution in [3.63, 3.8) is 0 Å². The molecule has 1 saturated carbocycles. The van der Waals surface area contributed by atoms with E-state index in [1.165, 1.54) is 32.1 Å². The van der Waals surface area contributed by atoms with Gasteiger partial charge in [0.2, 0.25) is 5.91 Å². The van der Waals surface area contributed by atoms with Crippen LogP contribution in [-0.2, 0) is 4.79 Å². The summed E-state index contributed by atoms with van der Waals surface area (Å²) in [5.74, 6) is 0.938. The molecule has 4 nitrogen and oxygen atoms in total. The first-order chi connectivity index (χ1) is 9.79. The maximum Gasteiger partial charge on any atom is 0.234 e. The van der Waals surface area contributed by atoms with Gasteiger partial charge in [-0.15, -0.1) is 0 Å². The van der Waals surface area contributed by atoms with Crippen molar-refractivity contribution in [2.45, 2.75) is 57.9 Å². The second-order valence-corrected chi connectivity index (χ2v) is 6.36. The Morgan fingerprint density at radius 2 is 2.00 bits per heavy atom. The molecule has 1 amide bonds. The molecule has 0 aromatic carbocycles. The maximum absolute atomic E-state index is 12.3. The van der Waals surface area contributed by atoms with Crippen LogP contribution in [0.3, 0.4) is 0 Å². The summed E-state index contributed by atoms with van der Waals surface area (Å²) in [6.07, 6.45) is 8.87. The molecule has 1 atom stereocenters. The number of rotatable bonds is 5. The highest BCUT2D eigenvalue weighted by Crippen LogP contribution is 2.27. The van der Waals surface area contributed by atoms with Crippen LogP contribution in [0.25, 0.3) is 0 Å². The van der Waals surface area contributed by atoms with Crippen LogP contribution in [0.5, 0.6) is 0 Å². The number of nitrogens with one attached hydrogen (secondary N) is 2. The number of amides is 1. The standard InChI is InChI=1S/C16H31N3O/c1-2-15(14-7-4-3-5-8-14)18-16(20)13-19-11-6-9-17-10-12-19/h14-15,17H,2-13H2,1H3,(H,18,20). The lowest BCUT2D eigenvalue weighted by molar-refractivity contribution is -0.123. The molecule has 0 spiro atoms. The van der Waals surface area contributed by atoms with Gasteiger partial charge in [-0.1, -0.05) is 26.2 Å². The Morgan fingerprint density at radius 3 is 2.75 bits per heavy atom. The van der Waals surface area contributed by atoms with Gasteiger partial charge in [0.15, 0.2) is 0 Å². The fourth-order valence-electron chi connectivity index (χ4n) is 3.61. The molecule has 116 valence electrons. The van der Waals surface area contributed by atoms with Gasteiger partial charge >= 0.3 is 0 Å². The molecule has 4 heteroatoms. The summed E-state index contributed by atoms with van der Waals surface area (Å²) in [7, 11) is 0. The minimum absolute atomic E-state index is 0.226. The number of carbonyl (C=O) groups is 1. The number of carbonyl (C=O) groups excluding carboxylic acids is 1. The number of hydrogen-bond acceptors (Lipinski definition) is 3. The minimum atomic E-state index is 0.226. The van der Waals surface area contributed by atoms with Crippen molar-refractivity contribution in [2.75, 3.05) is 32.7 Å². The molecular weight excluding hydrogens is 250 g/mol. The molecule has 1 heterocycles. The highest BCUT2D eigenvalue weighted by molar-refractivity contribution is 5.78. The van der Waals surface area contributed by atoms with Crippen LogP contribution in [0.1, 0.15) is 51.9 Å². The molecule has 2 N–H and O–H groups in total. The largest absolute Gasteiger partial charge is 0.352 e. The SMILES string of the molecule is CCC(NC(=O)CN1CCCNCC1)C1CCCCC1. The maximum atomic E-state index is 12.3. The molecule has 0 bridgehead atoms. The molecule has 0 aromatic rings. The van der Waals surface area contributed by atoms with Gasteiger partial charge in [-0.3, -0.25) is 9.69 Å². The molecule has 1 aliphatic carbocycles. The lowest BCUT2D eigenvalue weighted by Crippen LogP contribution is -2.46. The average Bonchev–Trinajstić information content (AvgIpc) is 2.74. The number of nitrogens with zero attached hydrogens (tertiary/aromatic N) is 1. The van der Waals surface area contributed by atoms with E-state index in [0.717, 1.165) is 39.0 Å².